The van der Waals surface area contributed by atoms with Gasteiger partial charge in [0, 0.05) is 70.3 Å². The zero-order chi connectivity index (χ0) is 41.4. The number of hydrogen-bond acceptors (Lipinski definition) is 13. The van der Waals surface area contributed by atoms with E-state index in [1.807, 2.05) is 36.5 Å². The SMILES string of the molecule is CNC(=O)c1cnc(Nc2ccc(CN(C)C3CN(c4ccc5c(c4)n(C)c(=O)n5C4CCC(=O)NC4=O)C3)cn2)cc1Nc1cccc(-c2ncc(F)cn2)c1OC. The van der Waals surface area contributed by atoms with Gasteiger partial charge in [-0.25, -0.2) is 29.1 Å². The van der Waals surface area contributed by atoms with E-state index in [0.29, 0.717) is 51.9 Å². The quantitative estimate of drug-likeness (QED) is 0.131. The zero-order valence-corrected chi connectivity index (χ0v) is 32.7. The van der Waals surface area contributed by atoms with Crippen molar-refractivity contribution >= 4 is 57.5 Å². The number of imide groups is 1. The number of fused-ring (bicyclic) bond motifs is 1. The van der Waals surface area contributed by atoms with Gasteiger partial charge in [0.05, 0.1) is 53.0 Å². The minimum Gasteiger partial charge on any atom is -0.494 e. The summed E-state index contributed by atoms with van der Waals surface area (Å²) in [4.78, 5) is 72.1. The fraction of sp³-hybridized carbons (Fsp3) is 0.268. The minimum atomic E-state index is -0.725. The van der Waals surface area contributed by atoms with Crippen LogP contribution in [0.5, 0.6) is 5.75 Å². The van der Waals surface area contributed by atoms with E-state index in [1.54, 1.807) is 35.9 Å². The molecule has 1 unspecified atom stereocenters. The number of nitrogens with one attached hydrogen (secondary N) is 4. The summed E-state index contributed by atoms with van der Waals surface area (Å²) in [6.45, 7) is 2.26. The third-order valence-electron chi connectivity index (χ3n) is 10.7. The fourth-order valence-electron chi connectivity index (χ4n) is 7.43. The second-order valence-electron chi connectivity index (χ2n) is 14.4. The Hall–Kier alpha value is -7.21. The number of aromatic nitrogens is 6. The molecule has 0 radical (unpaired) electrons. The van der Waals surface area contributed by atoms with Crippen LogP contribution < -0.4 is 36.6 Å². The van der Waals surface area contributed by atoms with Gasteiger partial charge in [-0.1, -0.05) is 12.1 Å². The lowest BCUT2D eigenvalue weighted by Crippen LogP contribution is -2.58. The Morgan fingerprint density at radius 2 is 1.71 bits per heavy atom. The second-order valence-corrected chi connectivity index (χ2v) is 14.4. The van der Waals surface area contributed by atoms with E-state index in [9.17, 15) is 23.6 Å². The van der Waals surface area contributed by atoms with Crippen LogP contribution in [0.2, 0.25) is 0 Å². The first-order valence-corrected chi connectivity index (χ1v) is 18.9. The van der Waals surface area contributed by atoms with Crippen molar-refractivity contribution in [1.29, 1.82) is 0 Å². The Kier molecular flexibility index (Phi) is 10.5. The molecule has 6 aromatic rings. The smallest absolute Gasteiger partial charge is 0.329 e. The highest BCUT2D eigenvalue weighted by molar-refractivity contribution is 6.01. The van der Waals surface area contributed by atoms with Crippen molar-refractivity contribution in [1.82, 2.24) is 44.6 Å². The molecule has 2 aromatic carbocycles. The molecule has 8 rings (SSSR count). The molecule has 0 spiro atoms. The number of piperidine rings is 1. The maximum absolute atomic E-state index is 13.5. The molecule has 0 aliphatic carbocycles. The van der Waals surface area contributed by atoms with Crippen molar-refractivity contribution in [3.05, 3.63) is 107 Å². The third kappa shape index (κ3) is 7.64. The Balaban J connectivity index is 0.913. The first-order valence-electron chi connectivity index (χ1n) is 18.9. The van der Waals surface area contributed by atoms with Gasteiger partial charge in [-0.05, 0) is 55.4 Å². The summed E-state index contributed by atoms with van der Waals surface area (Å²) in [7, 11) is 6.81. The number of anilines is 5. The number of carbonyl (C=O) groups is 3. The molecule has 2 saturated heterocycles. The largest absolute Gasteiger partial charge is 0.494 e. The number of rotatable bonds is 12. The number of aryl methyl sites for hydroxylation is 1. The molecule has 59 heavy (non-hydrogen) atoms. The van der Waals surface area contributed by atoms with E-state index in [1.165, 1.54) is 24.9 Å². The first-order chi connectivity index (χ1) is 28.5. The number of pyridine rings is 2. The molecule has 302 valence electrons. The highest BCUT2D eigenvalue weighted by atomic mass is 19.1. The lowest BCUT2D eigenvalue weighted by atomic mass is 10.0. The molecule has 18 heteroatoms. The topological polar surface area (TPSA) is 194 Å². The summed E-state index contributed by atoms with van der Waals surface area (Å²) in [5.41, 5.74) is 4.88. The summed E-state index contributed by atoms with van der Waals surface area (Å²) < 4.78 is 22.3. The molecule has 1 atom stereocenters. The number of likely N-dealkylation sites (N-methyl/N-ethyl adjacent to an activating group) is 1. The summed E-state index contributed by atoms with van der Waals surface area (Å²) in [5, 5.41) is 11.5. The van der Waals surface area contributed by atoms with Crippen LogP contribution in [-0.2, 0) is 23.2 Å². The van der Waals surface area contributed by atoms with Gasteiger partial charge in [-0.15, -0.1) is 0 Å². The van der Waals surface area contributed by atoms with Crippen molar-refractivity contribution in [2.24, 2.45) is 7.05 Å². The number of benzene rings is 2. The number of imidazole rings is 1. The van der Waals surface area contributed by atoms with Crippen LogP contribution in [0.25, 0.3) is 22.4 Å². The van der Waals surface area contributed by atoms with E-state index < -0.39 is 17.8 Å². The fourth-order valence-corrected chi connectivity index (χ4v) is 7.43. The molecule has 4 aromatic heterocycles. The van der Waals surface area contributed by atoms with E-state index in [-0.39, 0.29) is 42.2 Å². The van der Waals surface area contributed by atoms with E-state index in [4.69, 9.17) is 4.74 Å². The Labute approximate surface area is 337 Å². The van der Waals surface area contributed by atoms with Crippen LogP contribution in [0.4, 0.5) is 33.1 Å². The normalized spacial score (nSPS) is 15.6. The van der Waals surface area contributed by atoms with E-state index in [2.05, 4.69) is 58.1 Å². The average Bonchev–Trinajstić information content (AvgIpc) is 3.46. The van der Waals surface area contributed by atoms with Crippen molar-refractivity contribution in [3.8, 4) is 17.1 Å². The van der Waals surface area contributed by atoms with Crippen LogP contribution >= 0.6 is 0 Å². The number of nitrogens with zero attached hydrogens (tertiary/aromatic N) is 8. The minimum absolute atomic E-state index is 0.191. The average molecular weight is 801 g/mol. The number of halogens is 1. The summed E-state index contributed by atoms with van der Waals surface area (Å²) in [5.74, 6) is -0.00761. The Morgan fingerprint density at radius 1 is 0.932 bits per heavy atom. The highest BCUT2D eigenvalue weighted by Gasteiger charge is 2.33. The van der Waals surface area contributed by atoms with E-state index >= 15 is 0 Å². The zero-order valence-electron chi connectivity index (χ0n) is 32.7. The molecule has 2 aliphatic heterocycles. The van der Waals surface area contributed by atoms with Crippen LogP contribution in [0.15, 0.2) is 84.2 Å². The standard InChI is InChI=1S/C41H41FN12O5/c1-43-39(56)28-19-45-35(15-30(28)48-29-7-5-6-27(37(29)59-4)38-46-17-24(42)18-47-38)49-34-12-8-23(16-44-34)20-51(2)26-21-53(22-26)25-9-10-31-33(14-25)52(3)41(58)54(31)32-11-13-36(55)50-40(32)57/h5-10,12,14-19,26,32H,11,13,20-22H2,1-4H3,(H,43,56)(H,50,55,57)(H2,44,45,48,49). The molecule has 4 N–H and O–H groups in total. The molecule has 0 saturated carbocycles. The summed E-state index contributed by atoms with van der Waals surface area (Å²) >= 11 is 0. The number of amides is 3. The number of carbonyl (C=O) groups excluding carboxylic acids is 3. The predicted molar refractivity (Wildman–Crippen MR) is 218 cm³/mol. The second kappa shape index (κ2) is 16.0. The first kappa shape index (κ1) is 38.7. The van der Waals surface area contributed by atoms with Gasteiger partial charge in [-0.3, -0.25) is 33.7 Å². The number of hydrogen-bond donors (Lipinski definition) is 4. The molecule has 2 fully saturated rings. The van der Waals surface area contributed by atoms with Crippen LogP contribution in [0.3, 0.4) is 0 Å². The number of para-hydroxylation sites is 1. The monoisotopic (exact) mass is 800 g/mol. The maximum atomic E-state index is 13.5. The van der Waals surface area contributed by atoms with Gasteiger partial charge in [0.2, 0.25) is 11.8 Å². The van der Waals surface area contributed by atoms with Crippen molar-refractivity contribution in [2.45, 2.75) is 31.5 Å². The van der Waals surface area contributed by atoms with Crippen LogP contribution in [-0.4, -0.2) is 92.0 Å². The third-order valence-corrected chi connectivity index (χ3v) is 10.7. The Morgan fingerprint density at radius 3 is 2.42 bits per heavy atom. The number of ether oxygens (including phenoxy) is 1. The maximum Gasteiger partial charge on any atom is 0.329 e. The highest BCUT2D eigenvalue weighted by Crippen LogP contribution is 2.37. The molecule has 6 heterocycles. The van der Waals surface area contributed by atoms with Gasteiger partial charge in [0.25, 0.3) is 5.91 Å². The van der Waals surface area contributed by atoms with Gasteiger partial charge in [0.1, 0.15) is 17.7 Å². The van der Waals surface area contributed by atoms with Crippen LogP contribution in [0.1, 0.15) is 34.8 Å². The molecular formula is C41H41FN12O5. The predicted octanol–water partition coefficient (Wildman–Crippen LogP) is 3.88. The summed E-state index contributed by atoms with van der Waals surface area (Å²) in [6.07, 6.45) is 5.91. The van der Waals surface area contributed by atoms with Gasteiger partial charge in [0.15, 0.2) is 17.4 Å². The van der Waals surface area contributed by atoms with Gasteiger partial charge >= 0.3 is 5.69 Å². The summed E-state index contributed by atoms with van der Waals surface area (Å²) in [6, 6.07) is 16.3. The van der Waals surface area contributed by atoms with Crippen molar-refractivity contribution in [3.63, 3.8) is 0 Å². The van der Waals surface area contributed by atoms with Crippen molar-refractivity contribution < 1.29 is 23.5 Å². The van der Waals surface area contributed by atoms with Gasteiger partial charge < -0.3 is 25.6 Å². The molecule has 17 nitrogen and oxygen atoms in total. The van der Waals surface area contributed by atoms with Crippen LogP contribution in [0, 0.1) is 5.82 Å². The lowest BCUT2D eigenvalue weighted by Gasteiger charge is -2.45. The molecule has 3 amide bonds. The number of methoxy groups -OCH3 is 1. The van der Waals surface area contributed by atoms with E-state index in [0.717, 1.165) is 42.3 Å². The molecule has 2 aliphatic rings. The Bertz CT molecular complexity index is 2640. The van der Waals surface area contributed by atoms with Crippen molar-refractivity contribution in [2.75, 3.05) is 49.8 Å². The van der Waals surface area contributed by atoms with Gasteiger partial charge in [-0.2, -0.15) is 0 Å². The molecule has 0 bridgehead atoms. The lowest BCUT2D eigenvalue weighted by molar-refractivity contribution is -0.135. The molecular weight excluding hydrogens is 760 g/mol.